The van der Waals surface area contributed by atoms with E-state index in [4.69, 9.17) is 23.2 Å². The van der Waals surface area contributed by atoms with Crippen LogP contribution in [0.5, 0.6) is 0 Å². The van der Waals surface area contributed by atoms with Crippen molar-refractivity contribution in [2.45, 2.75) is 19.1 Å². The molecule has 8 heteroatoms. The first-order valence-corrected chi connectivity index (χ1v) is 7.09. The maximum Gasteiger partial charge on any atom is 0.433 e. The van der Waals surface area contributed by atoms with Gasteiger partial charge in [-0.1, -0.05) is 23.2 Å². The van der Waals surface area contributed by atoms with Gasteiger partial charge in [-0.3, -0.25) is 0 Å². The molecule has 2 aromatic rings. The van der Waals surface area contributed by atoms with Gasteiger partial charge in [0.05, 0.1) is 26.6 Å². The highest BCUT2D eigenvalue weighted by Crippen LogP contribution is 2.36. The Bertz CT molecular complexity index is 596. The minimum atomic E-state index is -4.44. The molecule has 0 radical (unpaired) electrons. The van der Waals surface area contributed by atoms with Crippen LogP contribution < -0.4 is 5.32 Å². The maximum atomic E-state index is 12.4. The van der Waals surface area contributed by atoms with E-state index in [1.54, 1.807) is 6.07 Å². The van der Waals surface area contributed by atoms with Crippen LogP contribution in [-0.4, -0.2) is 4.98 Å². The molecule has 2 rings (SSSR count). The number of hydrogen-bond acceptors (Lipinski definition) is 3. The molecule has 1 atom stereocenters. The summed E-state index contributed by atoms with van der Waals surface area (Å²) in [4.78, 5) is 3.38. The lowest BCUT2D eigenvalue weighted by Crippen LogP contribution is -2.10. The van der Waals surface area contributed by atoms with Gasteiger partial charge in [0.15, 0.2) is 0 Å². The van der Waals surface area contributed by atoms with Crippen molar-refractivity contribution in [3.8, 4) is 0 Å². The number of nitrogens with zero attached hydrogens (tertiary/aromatic N) is 1. The first-order valence-electron chi connectivity index (χ1n) is 5.52. The van der Waals surface area contributed by atoms with Crippen molar-refractivity contribution in [2.75, 3.05) is 5.32 Å². The van der Waals surface area contributed by atoms with Crippen LogP contribution >= 0.6 is 34.5 Å². The van der Waals surface area contributed by atoms with Crippen molar-refractivity contribution in [1.82, 2.24) is 4.98 Å². The Hall–Kier alpha value is -0.980. The summed E-state index contributed by atoms with van der Waals surface area (Å²) in [7, 11) is 0. The molecule has 0 saturated heterocycles. The average Bonchev–Trinajstić information content (AvgIpc) is 2.68. The van der Waals surface area contributed by atoms with E-state index in [0.29, 0.717) is 14.4 Å². The van der Waals surface area contributed by atoms with Gasteiger partial charge in [-0.25, -0.2) is 4.98 Å². The molecule has 0 aliphatic rings. The zero-order chi connectivity index (χ0) is 14.9. The van der Waals surface area contributed by atoms with Gasteiger partial charge in [0.2, 0.25) is 0 Å². The highest BCUT2D eigenvalue weighted by atomic mass is 35.5. The van der Waals surface area contributed by atoms with E-state index in [0.717, 1.165) is 17.8 Å². The standard InChI is InChI=1S/C12H9Cl2F3N2S/c1-6(8-4-10(13)20-11(8)14)19-7-2-3-9(18-5-7)12(15,16)17/h2-6,19H,1H3. The third-order valence-electron chi connectivity index (χ3n) is 2.59. The van der Waals surface area contributed by atoms with Gasteiger partial charge >= 0.3 is 6.18 Å². The maximum absolute atomic E-state index is 12.4. The summed E-state index contributed by atoms with van der Waals surface area (Å²) in [6, 6.07) is 3.79. The van der Waals surface area contributed by atoms with Crippen LogP contribution in [0.1, 0.15) is 24.2 Å². The third kappa shape index (κ3) is 3.56. The molecular formula is C12H9Cl2F3N2S. The Balaban J connectivity index is 2.12. The number of anilines is 1. The van der Waals surface area contributed by atoms with E-state index in [9.17, 15) is 13.2 Å². The fourth-order valence-electron chi connectivity index (χ4n) is 1.62. The quantitative estimate of drug-likeness (QED) is 0.781. The summed E-state index contributed by atoms with van der Waals surface area (Å²) >= 11 is 13.1. The minimum absolute atomic E-state index is 0.190. The second-order valence-corrected chi connectivity index (χ2v) is 6.36. The molecule has 1 N–H and O–H groups in total. The zero-order valence-electron chi connectivity index (χ0n) is 10.1. The largest absolute Gasteiger partial charge is 0.433 e. The SMILES string of the molecule is CC(Nc1ccc(C(F)(F)F)nc1)c1cc(Cl)sc1Cl. The summed E-state index contributed by atoms with van der Waals surface area (Å²) in [5.74, 6) is 0. The second-order valence-electron chi connectivity index (χ2n) is 4.08. The molecule has 1 unspecified atom stereocenters. The Kier molecular flexibility index (Phi) is 4.46. The molecule has 20 heavy (non-hydrogen) atoms. The molecule has 0 spiro atoms. The number of alkyl halides is 3. The summed E-state index contributed by atoms with van der Waals surface area (Å²) in [5.41, 5.74) is 0.345. The van der Waals surface area contributed by atoms with Crippen LogP contribution in [0.25, 0.3) is 0 Å². The lowest BCUT2D eigenvalue weighted by Gasteiger charge is -2.15. The van der Waals surface area contributed by atoms with E-state index in [1.807, 2.05) is 6.92 Å². The van der Waals surface area contributed by atoms with Crippen LogP contribution in [0, 0.1) is 0 Å². The molecule has 108 valence electrons. The van der Waals surface area contributed by atoms with Crippen molar-refractivity contribution < 1.29 is 13.2 Å². The third-order valence-corrected chi connectivity index (χ3v) is 4.10. The normalized spacial score (nSPS) is 13.3. The summed E-state index contributed by atoms with van der Waals surface area (Å²) in [6.45, 7) is 1.84. The molecular weight excluding hydrogens is 332 g/mol. The number of nitrogens with one attached hydrogen (secondary N) is 1. The van der Waals surface area contributed by atoms with E-state index < -0.39 is 11.9 Å². The molecule has 0 amide bonds. The van der Waals surface area contributed by atoms with Crippen LogP contribution in [0.2, 0.25) is 8.67 Å². The van der Waals surface area contributed by atoms with Gasteiger partial charge in [0.1, 0.15) is 5.69 Å². The predicted octanol–water partition coefficient (Wildman–Crippen LogP) is 5.64. The number of rotatable bonds is 3. The number of pyridine rings is 1. The molecule has 2 nitrogen and oxygen atoms in total. The van der Waals surface area contributed by atoms with Crippen molar-refractivity contribution in [1.29, 1.82) is 0 Å². The summed E-state index contributed by atoms with van der Waals surface area (Å²) in [5, 5.41) is 3.02. The van der Waals surface area contributed by atoms with E-state index in [1.165, 1.54) is 17.4 Å². The molecule has 0 aliphatic carbocycles. The van der Waals surface area contributed by atoms with E-state index >= 15 is 0 Å². The smallest absolute Gasteiger partial charge is 0.377 e. The van der Waals surface area contributed by atoms with Crippen molar-refractivity contribution in [3.05, 3.63) is 44.3 Å². The highest BCUT2D eigenvalue weighted by molar-refractivity contribution is 7.20. The van der Waals surface area contributed by atoms with Crippen LogP contribution in [0.3, 0.4) is 0 Å². The Morgan fingerprint density at radius 3 is 2.45 bits per heavy atom. The molecule has 0 bridgehead atoms. The average molecular weight is 341 g/mol. The first-order chi connectivity index (χ1) is 9.27. The van der Waals surface area contributed by atoms with Gasteiger partial charge in [0, 0.05) is 5.56 Å². The predicted molar refractivity (Wildman–Crippen MR) is 75.6 cm³/mol. The van der Waals surface area contributed by atoms with E-state index in [2.05, 4.69) is 10.3 Å². The zero-order valence-corrected chi connectivity index (χ0v) is 12.5. The molecule has 2 aromatic heterocycles. The van der Waals surface area contributed by atoms with Crippen LogP contribution in [0.4, 0.5) is 18.9 Å². The van der Waals surface area contributed by atoms with Gasteiger partial charge in [-0.15, -0.1) is 11.3 Å². The second kappa shape index (κ2) is 5.79. The van der Waals surface area contributed by atoms with Gasteiger partial charge in [-0.05, 0) is 25.1 Å². The Labute approximate surface area is 127 Å². The summed E-state index contributed by atoms with van der Waals surface area (Å²) in [6.07, 6.45) is -3.30. The number of hydrogen-bond donors (Lipinski definition) is 1. The number of aromatic nitrogens is 1. The van der Waals surface area contributed by atoms with Crippen LogP contribution in [0.15, 0.2) is 24.4 Å². The molecule has 0 aliphatic heterocycles. The van der Waals surface area contributed by atoms with Crippen molar-refractivity contribution >= 4 is 40.2 Å². The molecule has 0 saturated carbocycles. The molecule has 0 fully saturated rings. The molecule has 2 heterocycles. The number of halogens is 5. The van der Waals surface area contributed by atoms with Gasteiger partial charge in [0.25, 0.3) is 0 Å². The minimum Gasteiger partial charge on any atom is -0.377 e. The van der Waals surface area contributed by atoms with Crippen LogP contribution in [-0.2, 0) is 6.18 Å². The van der Waals surface area contributed by atoms with Gasteiger partial charge in [-0.2, -0.15) is 13.2 Å². The van der Waals surface area contributed by atoms with E-state index in [-0.39, 0.29) is 6.04 Å². The fraction of sp³-hybridized carbons (Fsp3) is 0.250. The lowest BCUT2D eigenvalue weighted by molar-refractivity contribution is -0.141. The first kappa shape index (κ1) is 15.4. The topological polar surface area (TPSA) is 24.9 Å². The summed E-state index contributed by atoms with van der Waals surface area (Å²) < 4.78 is 38.3. The Morgan fingerprint density at radius 2 is 2.00 bits per heavy atom. The highest BCUT2D eigenvalue weighted by Gasteiger charge is 2.32. The monoisotopic (exact) mass is 340 g/mol. The fourth-order valence-corrected chi connectivity index (χ4v) is 3.27. The van der Waals surface area contributed by atoms with Crippen molar-refractivity contribution in [2.24, 2.45) is 0 Å². The van der Waals surface area contributed by atoms with Gasteiger partial charge < -0.3 is 5.32 Å². The number of thiophene rings is 1. The Morgan fingerprint density at radius 1 is 1.30 bits per heavy atom. The lowest BCUT2D eigenvalue weighted by atomic mass is 10.2. The molecule has 0 aromatic carbocycles. The van der Waals surface area contributed by atoms with Crippen molar-refractivity contribution in [3.63, 3.8) is 0 Å².